The molecule has 190 valence electrons. The predicted octanol–water partition coefficient (Wildman–Crippen LogP) is 3.36. The molecule has 2 N–H and O–H groups in total. The third-order valence-corrected chi connectivity index (χ3v) is 7.14. The highest BCUT2D eigenvalue weighted by atomic mass is 15.3. The first-order chi connectivity index (χ1) is 18.5. The van der Waals surface area contributed by atoms with Gasteiger partial charge >= 0.3 is 0 Å². The summed E-state index contributed by atoms with van der Waals surface area (Å²) >= 11 is 0. The number of aryl methyl sites for hydroxylation is 1. The van der Waals surface area contributed by atoms with Gasteiger partial charge in [-0.15, -0.1) is 5.10 Å². The van der Waals surface area contributed by atoms with Crippen LogP contribution in [0.3, 0.4) is 0 Å². The van der Waals surface area contributed by atoms with Crippen molar-refractivity contribution < 1.29 is 0 Å². The molecule has 10 heteroatoms. The Hall–Kier alpha value is -4.75. The van der Waals surface area contributed by atoms with E-state index in [0.29, 0.717) is 17.1 Å². The summed E-state index contributed by atoms with van der Waals surface area (Å²) in [7, 11) is 1.88. The van der Waals surface area contributed by atoms with Gasteiger partial charge in [0.05, 0.1) is 17.4 Å². The molecule has 0 amide bonds. The Labute approximate surface area is 220 Å². The van der Waals surface area contributed by atoms with Gasteiger partial charge in [-0.3, -0.25) is 14.6 Å². The van der Waals surface area contributed by atoms with Gasteiger partial charge in [0.2, 0.25) is 0 Å². The molecule has 0 aliphatic carbocycles. The molecule has 1 fully saturated rings. The van der Waals surface area contributed by atoms with E-state index in [4.69, 9.17) is 10.7 Å². The lowest BCUT2D eigenvalue weighted by Crippen LogP contribution is -2.51. The van der Waals surface area contributed by atoms with Gasteiger partial charge in [0.15, 0.2) is 5.82 Å². The fraction of sp³-hybridized carbons (Fsp3) is 0.250. The summed E-state index contributed by atoms with van der Waals surface area (Å²) in [5.74, 6) is 1.14. The standard InChI is InChI=1S/C28H28N10/c1-19-15-37(10-9-36(19)18-23-5-3-4-8-31-23)26-7-6-20(13-32-26)24-11-21(22-14-33-35(2)16-22)17-38-27(24)25(12-29)28(30)34-38/h3-8,11,13-14,16-17,19H,9-10,15,18H2,1-2H3,(H2,30,34)/t19-/m0/s1. The van der Waals surface area contributed by atoms with Crippen LogP contribution in [0.15, 0.2) is 67.4 Å². The van der Waals surface area contributed by atoms with Crippen molar-refractivity contribution in [2.75, 3.05) is 30.3 Å². The number of nitrogens with two attached hydrogens (primary N) is 1. The van der Waals surface area contributed by atoms with Crippen LogP contribution in [0.5, 0.6) is 0 Å². The Kier molecular flexibility index (Phi) is 5.98. The highest BCUT2D eigenvalue weighted by Crippen LogP contribution is 2.34. The molecule has 0 radical (unpaired) electrons. The Morgan fingerprint density at radius 1 is 1.05 bits per heavy atom. The Morgan fingerprint density at radius 3 is 2.63 bits per heavy atom. The minimum atomic E-state index is 0.208. The van der Waals surface area contributed by atoms with Crippen molar-refractivity contribution in [3.8, 4) is 28.3 Å². The zero-order chi connectivity index (χ0) is 26.2. The molecule has 0 bridgehead atoms. The Balaban J connectivity index is 1.29. The van der Waals surface area contributed by atoms with Crippen molar-refractivity contribution in [3.05, 3.63) is 78.6 Å². The first kappa shape index (κ1) is 23.6. The smallest absolute Gasteiger partial charge is 0.164 e. The van der Waals surface area contributed by atoms with E-state index in [2.05, 4.69) is 56.2 Å². The first-order valence-electron chi connectivity index (χ1n) is 12.6. The maximum Gasteiger partial charge on any atom is 0.164 e. The molecule has 0 unspecified atom stereocenters. The zero-order valence-electron chi connectivity index (χ0n) is 21.4. The van der Waals surface area contributed by atoms with Crippen molar-refractivity contribution in [1.29, 1.82) is 5.26 Å². The Bertz CT molecular complexity index is 1630. The number of pyridine rings is 3. The average Bonchev–Trinajstić information content (AvgIpc) is 3.51. The molecule has 38 heavy (non-hydrogen) atoms. The predicted molar refractivity (Wildman–Crippen MR) is 146 cm³/mol. The summed E-state index contributed by atoms with van der Waals surface area (Å²) in [6, 6.07) is 14.8. The molecule has 1 atom stereocenters. The minimum absolute atomic E-state index is 0.208. The average molecular weight is 505 g/mol. The number of fused-ring (bicyclic) bond motifs is 1. The van der Waals surface area contributed by atoms with Gasteiger partial charge in [0.1, 0.15) is 17.5 Å². The Morgan fingerprint density at radius 2 is 1.95 bits per heavy atom. The number of nitrogens with zero attached hydrogens (tertiary/aromatic N) is 9. The van der Waals surface area contributed by atoms with Crippen molar-refractivity contribution in [2.24, 2.45) is 7.05 Å². The summed E-state index contributed by atoms with van der Waals surface area (Å²) in [6.45, 7) is 5.81. The fourth-order valence-corrected chi connectivity index (χ4v) is 5.13. The number of aromatic nitrogens is 6. The molecule has 1 aliphatic rings. The SMILES string of the molecule is C[C@H]1CN(c2ccc(-c3cc(-c4cnn(C)c4)cn4nc(N)c(C#N)c34)cn2)CCN1Cc1ccccn1. The van der Waals surface area contributed by atoms with Crippen LogP contribution in [0.2, 0.25) is 0 Å². The number of hydrogen-bond donors (Lipinski definition) is 1. The second-order valence-corrected chi connectivity index (χ2v) is 9.70. The van der Waals surface area contributed by atoms with E-state index < -0.39 is 0 Å². The highest BCUT2D eigenvalue weighted by Gasteiger charge is 2.25. The summed E-state index contributed by atoms with van der Waals surface area (Å²) in [5, 5.41) is 18.5. The molecule has 6 rings (SSSR count). The van der Waals surface area contributed by atoms with Crippen LogP contribution in [-0.4, -0.2) is 59.9 Å². The van der Waals surface area contributed by atoms with Crippen LogP contribution in [0.1, 0.15) is 18.2 Å². The van der Waals surface area contributed by atoms with E-state index in [1.54, 1.807) is 15.4 Å². The third kappa shape index (κ3) is 4.33. The lowest BCUT2D eigenvalue weighted by atomic mass is 10.0. The summed E-state index contributed by atoms with van der Waals surface area (Å²) < 4.78 is 3.44. The molecule has 1 saturated heterocycles. The van der Waals surface area contributed by atoms with Crippen molar-refractivity contribution >= 4 is 17.2 Å². The van der Waals surface area contributed by atoms with E-state index in [-0.39, 0.29) is 5.82 Å². The van der Waals surface area contributed by atoms with Gasteiger partial charge in [-0.25, -0.2) is 9.50 Å². The van der Waals surface area contributed by atoms with Crippen molar-refractivity contribution in [2.45, 2.75) is 19.5 Å². The van der Waals surface area contributed by atoms with E-state index in [9.17, 15) is 5.26 Å². The van der Waals surface area contributed by atoms with E-state index in [1.165, 1.54) is 0 Å². The summed E-state index contributed by atoms with van der Waals surface area (Å²) in [4.78, 5) is 14.1. The third-order valence-electron chi connectivity index (χ3n) is 7.14. The van der Waals surface area contributed by atoms with E-state index >= 15 is 0 Å². The molecule has 6 heterocycles. The molecule has 10 nitrogen and oxygen atoms in total. The molecule has 0 aromatic carbocycles. The monoisotopic (exact) mass is 504 g/mol. The van der Waals surface area contributed by atoms with Crippen LogP contribution in [0, 0.1) is 11.3 Å². The minimum Gasteiger partial charge on any atom is -0.381 e. The van der Waals surface area contributed by atoms with Crippen LogP contribution in [0.4, 0.5) is 11.6 Å². The van der Waals surface area contributed by atoms with Crippen LogP contribution in [-0.2, 0) is 13.6 Å². The van der Waals surface area contributed by atoms with Gasteiger partial charge in [-0.1, -0.05) is 6.07 Å². The molecular formula is C28H28N10. The second kappa shape index (κ2) is 9.61. The number of hydrogen-bond acceptors (Lipinski definition) is 8. The van der Waals surface area contributed by atoms with Gasteiger partial charge in [0.25, 0.3) is 0 Å². The van der Waals surface area contributed by atoms with E-state index in [0.717, 1.165) is 59.9 Å². The fourth-order valence-electron chi connectivity index (χ4n) is 5.13. The maximum absolute atomic E-state index is 9.79. The number of rotatable bonds is 5. The topological polar surface area (TPSA) is 117 Å². The van der Waals surface area contributed by atoms with Gasteiger partial charge < -0.3 is 10.6 Å². The molecule has 5 aromatic heterocycles. The summed E-state index contributed by atoms with van der Waals surface area (Å²) in [6.07, 6.45) is 9.34. The van der Waals surface area contributed by atoms with Gasteiger partial charge in [-0.2, -0.15) is 10.4 Å². The molecule has 5 aromatic rings. The van der Waals surface area contributed by atoms with Crippen LogP contribution >= 0.6 is 0 Å². The lowest BCUT2D eigenvalue weighted by Gasteiger charge is -2.40. The quantitative estimate of drug-likeness (QED) is 0.387. The maximum atomic E-state index is 9.79. The number of anilines is 2. The van der Waals surface area contributed by atoms with Crippen molar-refractivity contribution in [1.82, 2.24) is 34.3 Å². The van der Waals surface area contributed by atoms with Gasteiger partial charge in [0, 0.05) is 86.3 Å². The number of nitrogen functional groups attached to an aromatic ring is 1. The molecule has 0 saturated carbocycles. The number of nitriles is 1. The van der Waals surface area contributed by atoms with Crippen LogP contribution < -0.4 is 10.6 Å². The number of piperazine rings is 1. The molecular weight excluding hydrogens is 476 g/mol. The lowest BCUT2D eigenvalue weighted by molar-refractivity contribution is 0.178. The highest BCUT2D eigenvalue weighted by molar-refractivity contribution is 5.90. The normalized spacial score (nSPS) is 16.1. The second-order valence-electron chi connectivity index (χ2n) is 9.70. The first-order valence-corrected chi connectivity index (χ1v) is 12.6. The van der Waals surface area contributed by atoms with Gasteiger partial charge in [-0.05, 0) is 37.3 Å². The molecule has 1 aliphatic heterocycles. The largest absolute Gasteiger partial charge is 0.381 e. The zero-order valence-corrected chi connectivity index (χ0v) is 21.4. The summed E-state index contributed by atoms with van der Waals surface area (Å²) in [5.41, 5.74) is 11.8. The van der Waals surface area contributed by atoms with E-state index in [1.807, 2.05) is 50.0 Å². The van der Waals surface area contributed by atoms with Crippen LogP contribution in [0.25, 0.3) is 27.8 Å². The molecule has 0 spiro atoms. The van der Waals surface area contributed by atoms with Crippen molar-refractivity contribution in [3.63, 3.8) is 0 Å².